The minimum Gasteiger partial charge on any atom is -0.465 e. The monoisotopic (exact) mass is 327 g/mol. The van der Waals surface area contributed by atoms with Gasteiger partial charge < -0.3 is 10.1 Å². The fraction of sp³-hybridized carbons (Fsp3) is 0.143. The van der Waals surface area contributed by atoms with Crippen molar-refractivity contribution in [2.24, 2.45) is 0 Å². The van der Waals surface area contributed by atoms with Crippen LogP contribution in [0.1, 0.15) is 10.4 Å². The first kappa shape index (κ1) is 15.5. The Morgan fingerprint density at radius 2 is 2.14 bits per heavy atom. The smallest absolute Gasteiger partial charge is 0.340 e. The summed E-state index contributed by atoms with van der Waals surface area (Å²) >= 11 is 6.59. The zero-order chi connectivity index (χ0) is 15.4. The molecule has 1 aromatic heterocycles. The van der Waals surface area contributed by atoms with Crippen molar-refractivity contribution in [3.63, 3.8) is 0 Å². The number of halogens is 2. The van der Waals surface area contributed by atoms with Gasteiger partial charge in [-0.1, -0.05) is 12.1 Å². The van der Waals surface area contributed by atoms with Crippen LogP contribution < -0.4 is 5.32 Å². The van der Waals surface area contributed by atoms with Crippen LogP contribution in [0.5, 0.6) is 0 Å². The van der Waals surface area contributed by atoms with Gasteiger partial charge in [0.2, 0.25) is 5.91 Å². The number of thiophene rings is 1. The number of nitrogens with one attached hydrogen (secondary N) is 1. The van der Waals surface area contributed by atoms with E-state index in [4.69, 9.17) is 11.6 Å². The molecule has 110 valence electrons. The molecular weight excluding hydrogens is 317 g/mol. The molecule has 1 aromatic carbocycles. The van der Waals surface area contributed by atoms with E-state index in [-0.39, 0.29) is 17.3 Å². The molecule has 1 amide bonds. The number of benzene rings is 1. The maximum atomic E-state index is 13.3. The predicted molar refractivity (Wildman–Crippen MR) is 80.4 cm³/mol. The van der Waals surface area contributed by atoms with Crippen molar-refractivity contribution < 1.29 is 18.7 Å². The van der Waals surface area contributed by atoms with Gasteiger partial charge in [-0.15, -0.1) is 22.9 Å². The third-order valence-electron chi connectivity index (χ3n) is 2.62. The van der Waals surface area contributed by atoms with Crippen LogP contribution in [0, 0.1) is 5.82 Å². The van der Waals surface area contributed by atoms with E-state index < -0.39 is 11.9 Å². The number of methoxy groups -OCH3 is 1. The Morgan fingerprint density at radius 3 is 2.76 bits per heavy atom. The second-order valence-electron chi connectivity index (χ2n) is 4.04. The summed E-state index contributed by atoms with van der Waals surface area (Å²) in [7, 11) is 1.25. The van der Waals surface area contributed by atoms with Crippen LogP contribution in [0.2, 0.25) is 0 Å². The van der Waals surface area contributed by atoms with Gasteiger partial charge in [-0.2, -0.15) is 0 Å². The van der Waals surface area contributed by atoms with Crippen molar-refractivity contribution in [1.82, 2.24) is 0 Å². The van der Waals surface area contributed by atoms with E-state index in [0.29, 0.717) is 15.4 Å². The quantitative estimate of drug-likeness (QED) is 0.690. The summed E-state index contributed by atoms with van der Waals surface area (Å²) in [6, 6.07) is 7.51. The van der Waals surface area contributed by atoms with Crippen molar-refractivity contribution in [2.45, 2.75) is 0 Å². The number of hydrogen-bond acceptors (Lipinski definition) is 4. The summed E-state index contributed by atoms with van der Waals surface area (Å²) in [6.07, 6.45) is 0. The van der Waals surface area contributed by atoms with Gasteiger partial charge in [-0.25, -0.2) is 9.18 Å². The standard InChI is InChI=1S/C14H11ClFNO3S/c1-20-14(19)10-6-11(8-3-2-4-9(16)5-8)21-13(10)17-12(18)7-15/h2-6H,7H2,1H3,(H,17,18). The second-order valence-corrected chi connectivity index (χ2v) is 5.36. The largest absolute Gasteiger partial charge is 0.465 e. The van der Waals surface area contributed by atoms with Crippen LogP contribution in [0.4, 0.5) is 9.39 Å². The van der Waals surface area contributed by atoms with Gasteiger partial charge in [0.25, 0.3) is 0 Å². The van der Waals surface area contributed by atoms with Gasteiger partial charge in [0.1, 0.15) is 16.7 Å². The van der Waals surface area contributed by atoms with E-state index in [2.05, 4.69) is 10.1 Å². The third kappa shape index (κ3) is 3.59. The number of rotatable bonds is 4. The molecule has 1 N–H and O–H groups in total. The maximum Gasteiger partial charge on any atom is 0.340 e. The van der Waals surface area contributed by atoms with Gasteiger partial charge in [-0.3, -0.25) is 4.79 Å². The number of carbonyl (C=O) groups is 2. The number of alkyl halides is 1. The molecule has 2 aromatic rings. The summed E-state index contributed by atoms with van der Waals surface area (Å²) in [5.74, 6) is -1.63. The fourth-order valence-corrected chi connectivity index (χ4v) is 2.81. The van der Waals surface area contributed by atoms with E-state index in [1.165, 1.54) is 19.2 Å². The minimum atomic E-state index is -0.584. The molecule has 0 aliphatic rings. The minimum absolute atomic E-state index is 0.209. The highest BCUT2D eigenvalue weighted by atomic mass is 35.5. The fourth-order valence-electron chi connectivity index (χ4n) is 1.69. The first-order valence-electron chi connectivity index (χ1n) is 5.89. The van der Waals surface area contributed by atoms with Crippen LogP contribution in [0.3, 0.4) is 0 Å². The molecule has 0 bridgehead atoms. The molecule has 7 heteroatoms. The normalized spacial score (nSPS) is 10.2. The molecule has 4 nitrogen and oxygen atoms in total. The molecule has 0 saturated heterocycles. The number of amides is 1. The second kappa shape index (κ2) is 6.69. The van der Waals surface area contributed by atoms with Gasteiger partial charge in [0.05, 0.1) is 12.7 Å². The Kier molecular flexibility index (Phi) is 4.93. The lowest BCUT2D eigenvalue weighted by atomic mass is 10.1. The van der Waals surface area contributed by atoms with Crippen LogP contribution in [-0.4, -0.2) is 24.9 Å². The average Bonchev–Trinajstić information content (AvgIpc) is 2.90. The lowest BCUT2D eigenvalue weighted by Crippen LogP contribution is -2.14. The zero-order valence-electron chi connectivity index (χ0n) is 11.0. The Hall–Kier alpha value is -1.92. The topological polar surface area (TPSA) is 55.4 Å². The van der Waals surface area contributed by atoms with Crippen molar-refractivity contribution in [1.29, 1.82) is 0 Å². The van der Waals surface area contributed by atoms with Crippen molar-refractivity contribution >= 4 is 39.8 Å². The lowest BCUT2D eigenvalue weighted by molar-refractivity contribution is -0.113. The molecule has 0 aliphatic carbocycles. The number of anilines is 1. The van der Waals surface area contributed by atoms with Gasteiger partial charge >= 0.3 is 5.97 Å². The Labute approximate surface area is 129 Å². The van der Waals surface area contributed by atoms with Gasteiger partial charge in [-0.05, 0) is 23.8 Å². The number of esters is 1. The molecule has 0 atom stereocenters. The number of ether oxygens (including phenoxy) is 1. The molecule has 21 heavy (non-hydrogen) atoms. The number of carbonyl (C=O) groups excluding carboxylic acids is 2. The van der Waals surface area contributed by atoms with Gasteiger partial charge in [0.15, 0.2) is 0 Å². The molecule has 1 heterocycles. The Balaban J connectivity index is 2.44. The first-order valence-corrected chi connectivity index (χ1v) is 7.24. The highest BCUT2D eigenvalue weighted by Gasteiger charge is 2.19. The summed E-state index contributed by atoms with van der Waals surface area (Å²) in [5.41, 5.74) is 0.816. The predicted octanol–water partition coefficient (Wildman–Crippen LogP) is 3.52. The third-order valence-corrected chi connectivity index (χ3v) is 3.96. The molecular formula is C14H11ClFNO3S. The van der Waals surface area contributed by atoms with Crippen molar-refractivity contribution in [2.75, 3.05) is 18.3 Å². The van der Waals surface area contributed by atoms with Crippen molar-refractivity contribution in [3.8, 4) is 10.4 Å². The zero-order valence-corrected chi connectivity index (χ0v) is 12.6. The first-order chi connectivity index (χ1) is 10.0. The summed E-state index contributed by atoms with van der Waals surface area (Å²) in [6.45, 7) is 0. The van der Waals surface area contributed by atoms with E-state index in [1.54, 1.807) is 18.2 Å². The van der Waals surface area contributed by atoms with Crippen molar-refractivity contribution in [3.05, 3.63) is 41.7 Å². The van der Waals surface area contributed by atoms with Crippen LogP contribution in [-0.2, 0) is 9.53 Å². The molecule has 0 unspecified atom stereocenters. The Morgan fingerprint density at radius 1 is 1.38 bits per heavy atom. The lowest BCUT2D eigenvalue weighted by Gasteiger charge is -2.02. The Bertz CT molecular complexity index is 687. The molecule has 0 spiro atoms. The average molecular weight is 328 g/mol. The van der Waals surface area contributed by atoms with E-state index in [1.807, 2.05) is 0 Å². The van der Waals surface area contributed by atoms with E-state index >= 15 is 0 Å². The van der Waals surface area contributed by atoms with Crippen LogP contribution >= 0.6 is 22.9 Å². The van der Waals surface area contributed by atoms with Gasteiger partial charge in [0, 0.05) is 4.88 Å². The summed E-state index contributed by atoms with van der Waals surface area (Å²) in [5, 5.41) is 2.86. The molecule has 0 saturated carbocycles. The highest BCUT2D eigenvalue weighted by Crippen LogP contribution is 2.36. The SMILES string of the molecule is COC(=O)c1cc(-c2cccc(F)c2)sc1NC(=O)CCl. The number of hydrogen-bond donors (Lipinski definition) is 1. The van der Waals surface area contributed by atoms with E-state index in [9.17, 15) is 14.0 Å². The summed E-state index contributed by atoms with van der Waals surface area (Å²) < 4.78 is 17.9. The van der Waals surface area contributed by atoms with Crippen LogP contribution in [0.25, 0.3) is 10.4 Å². The molecule has 0 radical (unpaired) electrons. The molecule has 0 fully saturated rings. The van der Waals surface area contributed by atoms with E-state index in [0.717, 1.165) is 11.3 Å². The van der Waals surface area contributed by atoms with Crippen LogP contribution in [0.15, 0.2) is 30.3 Å². The summed E-state index contributed by atoms with van der Waals surface area (Å²) in [4.78, 5) is 23.8. The highest BCUT2D eigenvalue weighted by molar-refractivity contribution is 7.20. The maximum absolute atomic E-state index is 13.3. The molecule has 0 aliphatic heterocycles. The molecule has 2 rings (SSSR count).